The zero-order valence-electron chi connectivity index (χ0n) is 22.2. The van der Waals surface area contributed by atoms with Crippen LogP contribution in [0.25, 0.3) is 65.7 Å². The van der Waals surface area contributed by atoms with Gasteiger partial charge in [0.2, 0.25) is 0 Å². The van der Waals surface area contributed by atoms with Gasteiger partial charge in [-0.05, 0) is 89.0 Å². The van der Waals surface area contributed by atoms with E-state index >= 15 is 0 Å². The largest absolute Gasteiger partial charge is 0.0619 e. The van der Waals surface area contributed by atoms with Crippen molar-refractivity contribution in [2.45, 2.75) is 19.3 Å². The van der Waals surface area contributed by atoms with Gasteiger partial charge in [0.1, 0.15) is 0 Å². The van der Waals surface area contributed by atoms with Crippen molar-refractivity contribution in [1.82, 2.24) is 0 Å². The SMILES string of the molecule is CC1(C)c2ccccc2-c2ccc(-c3ccc(-c4cc5ccc6ccccc6c5c5ccccc45)cc3)cc21. The van der Waals surface area contributed by atoms with Crippen LogP contribution in [-0.2, 0) is 5.41 Å². The molecule has 0 nitrogen and oxygen atoms in total. The van der Waals surface area contributed by atoms with E-state index in [-0.39, 0.29) is 5.41 Å². The quantitative estimate of drug-likeness (QED) is 0.209. The molecule has 0 fully saturated rings. The Bertz CT molecular complexity index is 2070. The summed E-state index contributed by atoms with van der Waals surface area (Å²) in [6.07, 6.45) is 0. The van der Waals surface area contributed by atoms with Gasteiger partial charge in [-0.3, -0.25) is 0 Å². The van der Waals surface area contributed by atoms with E-state index in [0.717, 1.165) is 0 Å². The third-order valence-corrected chi connectivity index (χ3v) is 8.86. The van der Waals surface area contributed by atoms with E-state index in [0.29, 0.717) is 0 Å². The monoisotopic (exact) mass is 496 g/mol. The van der Waals surface area contributed by atoms with Crippen LogP contribution in [0.4, 0.5) is 0 Å². The number of benzene rings is 7. The van der Waals surface area contributed by atoms with Gasteiger partial charge in [-0.15, -0.1) is 0 Å². The summed E-state index contributed by atoms with van der Waals surface area (Å²) >= 11 is 0. The topological polar surface area (TPSA) is 0 Å². The zero-order valence-corrected chi connectivity index (χ0v) is 22.2. The summed E-state index contributed by atoms with van der Waals surface area (Å²) in [5, 5.41) is 7.83. The zero-order chi connectivity index (χ0) is 26.1. The average molecular weight is 497 g/mol. The van der Waals surface area contributed by atoms with E-state index in [4.69, 9.17) is 0 Å². The van der Waals surface area contributed by atoms with Gasteiger partial charge >= 0.3 is 0 Å². The highest BCUT2D eigenvalue weighted by molar-refractivity contribution is 6.23. The Morgan fingerprint density at radius 1 is 0.385 bits per heavy atom. The molecule has 0 atom stereocenters. The Kier molecular flexibility index (Phi) is 4.67. The van der Waals surface area contributed by atoms with Gasteiger partial charge in [0.25, 0.3) is 0 Å². The molecule has 0 N–H and O–H groups in total. The van der Waals surface area contributed by atoms with Gasteiger partial charge < -0.3 is 0 Å². The van der Waals surface area contributed by atoms with Gasteiger partial charge in [0.15, 0.2) is 0 Å². The maximum absolute atomic E-state index is 2.40. The number of fused-ring (bicyclic) bond motifs is 8. The molecular formula is C39H28. The lowest BCUT2D eigenvalue weighted by Gasteiger charge is -2.22. The molecule has 1 aliphatic carbocycles. The highest BCUT2D eigenvalue weighted by atomic mass is 14.4. The van der Waals surface area contributed by atoms with E-state index in [2.05, 4.69) is 147 Å². The highest BCUT2D eigenvalue weighted by Crippen LogP contribution is 2.49. The van der Waals surface area contributed by atoms with E-state index in [1.165, 1.54) is 76.8 Å². The van der Waals surface area contributed by atoms with Crippen LogP contribution >= 0.6 is 0 Å². The summed E-state index contributed by atoms with van der Waals surface area (Å²) in [5.41, 5.74) is 10.6. The summed E-state index contributed by atoms with van der Waals surface area (Å²) in [6, 6.07) is 49.4. The molecule has 1 aliphatic rings. The molecule has 0 spiro atoms. The average Bonchev–Trinajstić information content (AvgIpc) is 3.22. The molecule has 184 valence electrons. The van der Waals surface area contributed by atoms with Crippen molar-refractivity contribution in [2.75, 3.05) is 0 Å². The van der Waals surface area contributed by atoms with Gasteiger partial charge in [0.05, 0.1) is 0 Å². The van der Waals surface area contributed by atoms with Gasteiger partial charge in [0, 0.05) is 5.41 Å². The summed E-state index contributed by atoms with van der Waals surface area (Å²) < 4.78 is 0. The lowest BCUT2D eigenvalue weighted by molar-refractivity contribution is 0.660. The molecule has 8 rings (SSSR count). The fourth-order valence-corrected chi connectivity index (χ4v) is 6.84. The number of hydrogen-bond acceptors (Lipinski definition) is 0. The molecule has 0 heterocycles. The van der Waals surface area contributed by atoms with E-state index in [1.54, 1.807) is 0 Å². The molecule has 0 heteroatoms. The number of hydrogen-bond donors (Lipinski definition) is 0. The first-order valence-corrected chi connectivity index (χ1v) is 13.8. The van der Waals surface area contributed by atoms with Crippen LogP contribution in [-0.4, -0.2) is 0 Å². The van der Waals surface area contributed by atoms with E-state index in [1.807, 2.05) is 0 Å². The molecule has 0 saturated carbocycles. The lowest BCUT2D eigenvalue weighted by atomic mass is 9.81. The molecule has 7 aromatic rings. The predicted octanol–water partition coefficient (Wildman–Crippen LogP) is 10.8. The van der Waals surface area contributed by atoms with Crippen molar-refractivity contribution in [3.05, 3.63) is 145 Å². The minimum atomic E-state index is 0.00998. The first-order chi connectivity index (χ1) is 19.1. The van der Waals surface area contributed by atoms with Crippen molar-refractivity contribution < 1.29 is 0 Å². The maximum Gasteiger partial charge on any atom is 0.0159 e. The normalized spacial score (nSPS) is 13.6. The minimum Gasteiger partial charge on any atom is -0.0619 e. The van der Waals surface area contributed by atoms with Crippen LogP contribution < -0.4 is 0 Å². The Labute approximate surface area is 229 Å². The third-order valence-electron chi connectivity index (χ3n) is 8.86. The molecule has 0 aromatic heterocycles. The minimum absolute atomic E-state index is 0.00998. The number of rotatable bonds is 2. The van der Waals surface area contributed by atoms with E-state index < -0.39 is 0 Å². The third kappa shape index (κ3) is 3.25. The van der Waals surface area contributed by atoms with Gasteiger partial charge in [-0.1, -0.05) is 135 Å². The molecule has 0 aliphatic heterocycles. The van der Waals surface area contributed by atoms with Crippen molar-refractivity contribution in [3.63, 3.8) is 0 Å². The molecule has 39 heavy (non-hydrogen) atoms. The van der Waals surface area contributed by atoms with Crippen LogP contribution in [0.3, 0.4) is 0 Å². The van der Waals surface area contributed by atoms with Crippen molar-refractivity contribution in [1.29, 1.82) is 0 Å². The smallest absolute Gasteiger partial charge is 0.0159 e. The van der Waals surface area contributed by atoms with Crippen molar-refractivity contribution in [3.8, 4) is 33.4 Å². The molecular weight excluding hydrogens is 468 g/mol. The van der Waals surface area contributed by atoms with Gasteiger partial charge in [-0.25, -0.2) is 0 Å². The molecule has 0 radical (unpaired) electrons. The van der Waals surface area contributed by atoms with Crippen LogP contribution in [0, 0.1) is 0 Å². The Morgan fingerprint density at radius 3 is 1.85 bits per heavy atom. The van der Waals surface area contributed by atoms with Crippen LogP contribution in [0.1, 0.15) is 25.0 Å². The lowest BCUT2D eigenvalue weighted by Crippen LogP contribution is -2.14. The maximum atomic E-state index is 2.40. The summed E-state index contributed by atoms with van der Waals surface area (Å²) in [7, 11) is 0. The molecule has 0 amide bonds. The van der Waals surface area contributed by atoms with Crippen molar-refractivity contribution >= 4 is 32.3 Å². The first kappa shape index (κ1) is 22.3. The molecule has 0 unspecified atom stereocenters. The second-order valence-electron chi connectivity index (χ2n) is 11.4. The molecule has 7 aromatic carbocycles. The first-order valence-electron chi connectivity index (χ1n) is 13.8. The predicted molar refractivity (Wildman–Crippen MR) is 167 cm³/mol. The molecule has 0 saturated heterocycles. The second-order valence-corrected chi connectivity index (χ2v) is 11.4. The van der Waals surface area contributed by atoms with Gasteiger partial charge in [-0.2, -0.15) is 0 Å². The summed E-state index contributed by atoms with van der Waals surface area (Å²) in [6.45, 7) is 4.69. The van der Waals surface area contributed by atoms with Crippen molar-refractivity contribution in [2.24, 2.45) is 0 Å². The standard InChI is InChI=1S/C39H28/c1-39(2)36-14-8-7-12-32(36)33-22-21-28(24-37(33)39)25-15-17-27(18-16-25)35-23-29-20-19-26-9-3-4-10-30(26)38(29)34-13-6-5-11-31(34)35/h3-24H,1-2H3. The Balaban J connectivity index is 1.25. The Hall–Kier alpha value is -4.68. The van der Waals surface area contributed by atoms with Crippen LogP contribution in [0.15, 0.2) is 133 Å². The van der Waals surface area contributed by atoms with E-state index in [9.17, 15) is 0 Å². The fraction of sp³-hybridized carbons (Fsp3) is 0.0769. The summed E-state index contributed by atoms with van der Waals surface area (Å²) in [5.74, 6) is 0. The van der Waals surface area contributed by atoms with Crippen LogP contribution in [0.2, 0.25) is 0 Å². The second kappa shape index (κ2) is 8.16. The molecule has 0 bridgehead atoms. The summed E-state index contributed by atoms with van der Waals surface area (Å²) in [4.78, 5) is 0. The highest BCUT2D eigenvalue weighted by Gasteiger charge is 2.35. The fourth-order valence-electron chi connectivity index (χ4n) is 6.84. The van der Waals surface area contributed by atoms with Crippen LogP contribution in [0.5, 0.6) is 0 Å². The Morgan fingerprint density at radius 2 is 1.00 bits per heavy atom.